The Morgan fingerprint density at radius 3 is 2.70 bits per heavy atom. The van der Waals surface area contributed by atoms with E-state index in [-0.39, 0.29) is 23.9 Å². The Bertz CT molecular complexity index is 1330. The molecule has 6 rings (SSSR count). The number of pyridine rings is 2. The number of anilines is 1. The van der Waals surface area contributed by atoms with Gasteiger partial charge in [-0.15, -0.1) is 12.4 Å². The molecular weight excluding hydrogens is 457 g/mol. The highest BCUT2D eigenvalue weighted by Crippen LogP contribution is 2.50. The Morgan fingerprint density at radius 2 is 1.94 bits per heavy atom. The van der Waals surface area contributed by atoms with Crippen molar-refractivity contribution in [2.24, 2.45) is 11.1 Å². The molecule has 9 heteroatoms. The number of hydrogen-bond donors (Lipinski definition) is 1. The topological polar surface area (TPSA) is 85.2 Å². The standard InChI is InChI=1S/C24H24ClN7.ClH/c1-15-21(16-4-9-27-14-18(16)25)32-20(5-10-29-32)23(30-15)31-11-6-24(7-12-31)13-19-17(22(24)26)3-2-8-28-19;/h2-5,8-10,14,22H,6-7,11-13,26H2,1H3;1H/t22-;/m1./s1. The van der Waals surface area contributed by atoms with E-state index >= 15 is 0 Å². The Hall–Kier alpha value is -2.74. The van der Waals surface area contributed by atoms with Crippen LogP contribution in [-0.2, 0) is 6.42 Å². The second kappa shape index (κ2) is 8.24. The number of nitrogens with zero attached hydrogens (tertiary/aromatic N) is 6. The van der Waals surface area contributed by atoms with E-state index in [2.05, 4.69) is 26.0 Å². The second-order valence-electron chi connectivity index (χ2n) is 8.90. The van der Waals surface area contributed by atoms with Crippen LogP contribution in [-0.4, -0.2) is 37.7 Å². The lowest BCUT2D eigenvalue weighted by Gasteiger charge is -2.42. The van der Waals surface area contributed by atoms with Crippen LogP contribution in [0.4, 0.5) is 5.82 Å². The van der Waals surface area contributed by atoms with Crippen LogP contribution >= 0.6 is 24.0 Å². The van der Waals surface area contributed by atoms with Crippen LogP contribution in [0.2, 0.25) is 5.02 Å². The number of halogens is 2. The van der Waals surface area contributed by atoms with Gasteiger partial charge >= 0.3 is 0 Å². The molecule has 0 unspecified atom stereocenters. The number of aromatic nitrogens is 5. The van der Waals surface area contributed by atoms with Gasteiger partial charge in [-0.05, 0) is 55.4 Å². The summed E-state index contributed by atoms with van der Waals surface area (Å²) in [6.45, 7) is 3.83. The van der Waals surface area contributed by atoms with Crippen molar-refractivity contribution in [3.8, 4) is 11.3 Å². The molecule has 7 nitrogen and oxygen atoms in total. The Morgan fingerprint density at radius 1 is 1.12 bits per heavy atom. The molecule has 5 heterocycles. The zero-order chi connectivity index (χ0) is 21.9. The lowest BCUT2D eigenvalue weighted by molar-refractivity contribution is 0.187. The maximum Gasteiger partial charge on any atom is 0.155 e. The van der Waals surface area contributed by atoms with Crippen LogP contribution < -0.4 is 10.6 Å². The van der Waals surface area contributed by atoms with E-state index in [1.54, 1.807) is 12.4 Å². The quantitative estimate of drug-likeness (QED) is 0.456. The molecular formula is C24H25Cl2N7. The van der Waals surface area contributed by atoms with Crippen LogP contribution in [0.3, 0.4) is 0 Å². The zero-order valence-corrected chi connectivity index (χ0v) is 19.9. The molecule has 4 aromatic heterocycles. The third-order valence-corrected chi connectivity index (χ3v) is 7.53. The van der Waals surface area contributed by atoms with E-state index in [0.29, 0.717) is 5.02 Å². The van der Waals surface area contributed by atoms with Gasteiger partial charge in [-0.3, -0.25) is 9.97 Å². The van der Waals surface area contributed by atoms with Gasteiger partial charge in [0.2, 0.25) is 0 Å². The molecule has 4 aromatic rings. The van der Waals surface area contributed by atoms with Crippen molar-refractivity contribution in [1.82, 2.24) is 24.6 Å². The lowest BCUT2D eigenvalue weighted by Crippen LogP contribution is -2.44. The third kappa shape index (κ3) is 3.38. The molecule has 0 amide bonds. The molecule has 0 bridgehead atoms. The van der Waals surface area contributed by atoms with Crippen LogP contribution in [0.25, 0.3) is 16.8 Å². The van der Waals surface area contributed by atoms with Gasteiger partial charge in [-0.25, -0.2) is 9.50 Å². The van der Waals surface area contributed by atoms with E-state index in [1.165, 1.54) is 11.3 Å². The number of hydrogen-bond acceptors (Lipinski definition) is 6. The summed E-state index contributed by atoms with van der Waals surface area (Å²) < 4.78 is 1.95. The maximum absolute atomic E-state index is 6.73. The van der Waals surface area contributed by atoms with E-state index in [1.807, 2.05) is 42.0 Å². The van der Waals surface area contributed by atoms with Gasteiger partial charge in [0.25, 0.3) is 0 Å². The molecule has 2 aliphatic rings. The van der Waals surface area contributed by atoms with Gasteiger partial charge in [0, 0.05) is 49.0 Å². The van der Waals surface area contributed by atoms with Crippen LogP contribution in [0, 0.1) is 12.3 Å². The first kappa shape index (κ1) is 22.1. The van der Waals surface area contributed by atoms with Crippen molar-refractivity contribution < 1.29 is 0 Å². The van der Waals surface area contributed by atoms with Gasteiger partial charge in [0.15, 0.2) is 5.82 Å². The average molecular weight is 482 g/mol. The fourth-order valence-corrected chi connectivity index (χ4v) is 5.70. The molecule has 1 spiro atoms. The average Bonchev–Trinajstić information content (AvgIpc) is 3.39. The maximum atomic E-state index is 6.73. The number of piperidine rings is 1. The Balaban J connectivity index is 0.00000228. The largest absolute Gasteiger partial charge is 0.355 e. The van der Waals surface area contributed by atoms with Gasteiger partial charge < -0.3 is 10.6 Å². The van der Waals surface area contributed by atoms with Gasteiger partial charge in [0.1, 0.15) is 5.52 Å². The summed E-state index contributed by atoms with van der Waals surface area (Å²) >= 11 is 6.45. The predicted molar refractivity (Wildman–Crippen MR) is 132 cm³/mol. The summed E-state index contributed by atoms with van der Waals surface area (Å²) in [7, 11) is 0. The van der Waals surface area contributed by atoms with E-state index in [9.17, 15) is 0 Å². The Labute approximate surface area is 203 Å². The molecule has 1 aliphatic carbocycles. The van der Waals surface area contributed by atoms with Crippen molar-refractivity contribution in [3.05, 3.63) is 71.0 Å². The van der Waals surface area contributed by atoms with Crippen molar-refractivity contribution >= 4 is 35.3 Å². The third-order valence-electron chi connectivity index (χ3n) is 7.23. The number of rotatable bonds is 2. The first-order valence-electron chi connectivity index (χ1n) is 11.0. The fourth-order valence-electron chi connectivity index (χ4n) is 5.49. The summed E-state index contributed by atoms with van der Waals surface area (Å²) in [5, 5.41) is 5.19. The van der Waals surface area contributed by atoms with Crippen molar-refractivity contribution in [2.45, 2.75) is 32.2 Å². The van der Waals surface area contributed by atoms with Crippen LogP contribution in [0.5, 0.6) is 0 Å². The monoisotopic (exact) mass is 481 g/mol. The SMILES string of the molecule is Cc1nc(N2CCC3(CC2)Cc2ncccc2[C@H]3N)c2ccnn2c1-c1ccncc1Cl.Cl. The minimum atomic E-state index is 0. The number of fused-ring (bicyclic) bond motifs is 2. The summed E-state index contributed by atoms with van der Waals surface area (Å²) in [5.74, 6) is 0.964. The Kier molecular flexibility index (Phi) is 5.51. The normalized spacial score (nSPS) is 19.0. The molecule has 33 heavy (non-hydrogen) atoms. The summed E-state index contributed by atoms with van der Waals surface area (Å²) in [6, 6.07) is 8.11. The number of nitrogens with two attached hydrogens (primary N) is 1. The van der Waals surface area contributed by atoms with E-state index in [4.69, 9.17) is 22.3 Å². The highest BCUT2D eigenvalue weighted by Gasteiger charge is 2.46. The molecule has 170 valence electrons. The second-order valence-corrected chi connectivity index (χ2v) is 9.30. The summed E-state index contributed by atoms with van der Waals surface area (Å²) in [5.41, 5.74) is 12.8. The minimum absolute atomic E-state index is 0. The number of aryl methyl sites for hydroxylation is 1. The highest BCUT2D eigenvalue weighted by molar-refractivity contribution is 6.33. The van der Waals surface area contributed by atoms with E-state index in [0.717, 1.165) is 60.6 Å². The molecule has 0 aromatic carbocycles. The first-order chi connectivity index (χ1) is 15.6. The van der Waals surface area contributed by atoms with E-state index < -0.39 is 0 Å². The molecule has 0 saturated carbocycles. The molecule has 0 radical (unpaired) electrons. The molecule has 2 N–H and O–H groups in total. The summed E-state index contributed by atoms with van der Waals surface area (Å²) in [4.78, 5) is 16.1. The van der Waals surface area contributed by atoms with Crippen molar-refractivity contribution in [1.29, 1.82) is 0 Å². The van der Waals surface area contributed by atoms with Crippen molar-refractivity contribution in [2.75, 3.05) is 18.0 Å². The van der Waals surface area contributed by atoms with Gasteiger partial charge in [0.05, 0.1) is 22.6 Å². The zero-order valence-electron chi connectivity index (χ0n) is 18.3. The minimum Gasteiger partial charge on any atom is -0.355 e. The molecule has 1 atom stereocenters. The summed E-state index contributed by atoms with van der Waals surface area (Å²) in [6.07, 6.45) is 10.1. The van der Waals surface area contributed by atoms with Crippen LogP contribution in [0.15, 0.2) is 49.1 Å². The fraction of sp³-hybridized carbons (Fsp3) is 0.333. The lowest BCUT2D eigenvalue weighted by atomic mass is 9.73. The van der Waals surface area contributed by atoms with Gasteiger partial charge in [-0.2, -0.15) is 5.10 Å². The first-order valence-corrected chi connectivity index (χ1v) is 11.3. The predicted octanol–water partition coefficient (Wildman–Crippen LogP) is 4.41. The van der Waals surface area contributed by atoms with Gasteiger partial charge in [-0.1, -0.05) is 17.7 Å². The smallest absolute Gasteiger partial charge is 0.155 e. The van der Waals surface area contributed by atoms with Crippen LogP contribution in [0.1, 0.15) is 35.8 Å². The molecule has 1 fully saturated rings. The van der Waals surface area contributed by atoms with Crippen molar-refractivity contribution in [3.63, 3.8) is 0 Å². The highest BCUT2D eigenvalue weighted by atomic mass is 35.5. The molecule has 1 saturated heterocycles. The molecule has 1 aliphatic heterocycles.